The summed E-state index contributed by atoms with van der Waals surface area (Å²) in [6, 6.07) is 9.13. The van der Waals surface area contributed by atoms with Crippen LogP contribution in [0.25, 0.3) is 0 Å². The number of benzene rings is 1. The first-order valence-corrected chi connectivity index (χ1v) is 7.65. The highest BCUT2D eigenvalue weighted by Gasteiger charge is 2.29. The summed E-state index contributed by atoms with van der Waals surface area (Å²) in [5.74, 6) is 0.156. The molecule has 1 aliphatic carbocycles. The number of carbonyl (C=O) groups excluding carboxylic acids is 1. The Morgan fingerprint density at radius 3 is 2.90 bits per heavy atom. The van der Waals surface area contributed by atoms with Gasteiger partial charge in [0.15, 0.2) is 0 Å². The molecule has 1 aromatic carbocycles. The predicted octanol–water partition coefficient (Wildman–Crippen LogP) is 1.65. The fraction of sp³-hybridized carbons (Fsp3) is 0.562. The summed E-state index contributed by atoms with van der Waals surface area (Å²) in [6.07, 6.45) is 3.44. The third-order valence-electron chi connectivity index (χ3n) is 4.18. The van der Waals surface area contributed by atoms with Gasteiger partial charge in [0.25, 0.3) is 0 Å². The highest BCUT2D eigenvalue weighted by molar-refractivity contribution is 5.86. The summed E-state index contributed by atoms with van der Waals surface area (Å²) >= 11 is 0. The number of piperazine rings is 1. The van der Waals surface area contributed by atoms with Crippen molar-refractivity contribution in [1.82, 2.24) is 10.6 Å². The fourth-order valence-electron chi connectivity index (χ4n) is 2.89. The number of nitrogens with one attached hydrogen (secondary N) is 2. The van der Waals surface area contributed by atoms with Crippen LogP contribution in [0.4, 0.5) is 5.69 Å². The molecule has 0 aromatic heterocycles. The zero-order valence-electron chi connectivity index (χ0n) is 12.1. The molecule has 2 N–H and O–H groups in total. The molecule has 3 rings (SSSR count). The molecule has 1 atom stereocenters. The molecule has 1 aromatic rings. The molecular weight excluding hydrogens is 250 g/mol. The Hall–Kier alpha value is -1.55. The van der Waals surface area contributed by atoms with Crippen LogP contribution < -0.4 is 15.5 Å². The van der Waals surface area contributed by atoms with Gasteiger partial charge in [-0.2, -0.15) is 0 Å². The van der Waals surface area contributed by atoms with Crippen molar-refractivity contribution in [3.05, 3.63) is 29.8 Å². The molecule has 0 bridgehead atoms. The first kappa shape index (κ1) is 13.4. The third-order valence-corrected chi connectivity index (χ3v) is 4.18. The minimum absolute atomic E-state index is 0.0363. The predicted molar refractivity (Wildman–Crippen MR) is 80.7 cm³/mol. The SMILES string of the molecule is CCC1C(=O)NCCN1c1ccccc1CNC1CC1. The van der Waals surface area contributed by atoms with Gasteiger partial charge in [0.05, 0.1) is 0 Å². The van der Waals surface area contributed by atoms with Crippen LogP contribution in [0.15, 0.2) is 24.3 Å². The van der Waals surface area contributed by atoms with E-state index >= 15 is 0 Å². The summed E-state index contributed by atoms with van der Waals surface area (Å²) < 4.78 is 0. The third kappa shape index (κ3) is 2.80. The lowest BCUT2D eigenvalue weighted by Gasteiger charge is -2.37. The monoisotopic (exact) mass is 273 g/mol. The van der Waals surface area contributed by atoms with Crippen LogP contribution in [0.2, 0.25) is 0 Å². The smallest absolute Gasteiger partial charge is 0.242 e. The van der Waals surface area contributed by atoms with Gasteiger partial charge < -0.3 is 15.5 Å². The quantitative estimate of drug-likeness (QED) is 0.857. The maximum Gasteiger partial charge on any atom is 0.242 e. The van der Waals surface area contributed by atoms with Gasteiger partial charge in [0.2, 0.25) is 5.91 Å². The minimum Gasteiger partial charge on any atom is -0.357 e. The minimum atomic E-state index is -0.0363. The lowest BCUT2D eigenvalue weighted by molar-refractivity contribution is -0.123. The van der Waals surface area contributed by atoms with E-state index in [0.717, 1.165) is 26.1 Å². The van der Waals surface area contributed by atoms with Crippen LogP contribution >= 0.6 is 0 Å². The average molecular weight is 273 g/mol. The highest BCUT2D eigenvalue weighted by atomic mass is 16.2. The lowest BCUT2D eigenvalue weighted by atomic mass is 10.1. The Labute approximate surface area is 120 Å². The summed E-state index contributed by atoms with van der Waals surface area (Å²) in [5.41, 5.74) is 2.51. The molecule has 1 saturated heterocycles. The Bertz CT molecular complexity index is 484. The van der Waals surface area contributed by atoms with E-state index in [-0.39, 0.29) is 11.9 Å². The van der Waals surface area contributed by atoms with E-state index in [4.69, 9.17) is 0 Å². The van der Waals surface area contributed by atoms with Crippen LogP contribution in [0.5, 0.6) is 0 Å². The summed E-state index contributed by atoms with van der Waals surface area (Å²) in [7, 11) is 0. The molecule has 0 spiro atoms. The van der Waals surface area contributed by atoms with Gasteiger partial charge in [-0.15, -0.1) is 0 Å². The van der Waals surface area contributed by atoms with Gasteiger partial charge in [-0.3, -0.25) is 4.79 Å². The van der Waals surface area contributed by atoms with Gasteiger partial charge in [0, 0.05) is 31.4 Å². The molecule has 108 valence electrons. The van der Waals surface area contributed by atoms with E-state index in [0.29, 0.717) is 6.04 Å². The first-order chi connectivity index (χ1) is 9.79. The second kappa shape index (κ2) is 5.83. The van der Waals surface area contributed by atoms with Crippen LogP contribution in [-0.2, 0) is 11.3 Å². The number of hydrogen-bond donors (Lipinski definition) is 2. The van der Waals surface area contributed by atoms with Crippen molar-refractivity contribution in [2.45, 2.75) is 44.8 Å². The van der Waals surface area contributed by atoms with Gasteiger partial charge >= 0.3 is 0 Å². The molecular formula is C16H23N3O. The number of nitrogens with zero attached hydrogens (tertiary/aromatic N) is 1. The number of amides is 1. The molecule has 2 aliphatic rings. The normalized spacial score (nSPS) is 22.8. The van der Waals surface area contributed by atoms with Crippen molar-refractivity contribution in [3.63, 3.8) is 0 Å². The van der Waals surface area contributed by atoms with Crippen molar-refractivity contribution in [3.8, 4) is 0 Å². The maximum atomic E-state index is 12.0. The lowest BCUT2D eigenvalue weighted by Crippen LogP contribution is -2.55. The van der Waals surface area contributed by atoms with Crippen molar-refractivity contribution >= 4 is 11.6 Å². The van der Waals surface area contributed by atoms with E-state index in [9.17, 15) is 4.79 Å². The molecule has 1 aliphatic heterocycles. The Morgan fingerprint density at radius 1 is 1.35 bits per heavy atom. The summed E-state index contributed by atoms with van der Waals surface area (Å²) in [4.78, 5) is 14.3. The van der Waals surface area contributed by atoms with Crippen molar-refractivity contribution in [2.75, 3.05) is 18.0 Å². The average Bonchev–Trinajstić information content (AvgIpc) is 3.29. The second-order valence-electron chi connectivity index (χ2n) is 5.69. The Morgan fingerprint density at radius 2 is 2.15 bits per heavy atom. The Balaban J connectivity index is 1.81. The van der Waals surface area contributed by atoms with Crippen molar-refractivity contribution in [2.24, 2.45) is 0 Å². The van der Waals surface area contributed by atoms with Gasteiger partial charge in [-0.1, -0.05) is 25.1 Å². The molecule has 4 nitrogen and oxygen atoms in total. The Kier molecular flexibility index (Phi) is 3.92. The number of anilines is 1. The number of para-hydroxylation sites is 1. The van der Waals surface area contributed by atoms with E-state index in [1.807, 2.05) is 0 Å². The molecule has 1 amide bonds. The van der Waals surface area contributed by atoms with Crippen molar-refractivity contribution < 1.29 is 4.79 Å². The van der Waals surface area contributed by atoms with Crippen LogP contribution in [0.1, 0.15) is 31.7 Å². The zero-order valence-corrected chi connectivity index (χ0v) is 12.1. The maximum absolute atomic E-state index is 12.0. The molecule has 1 heterocycles. The highest BCUT2D eigenvalue weighted by Crippen LogP contribution is 2.26. The van der Waals surface area contributed by atoms with Crippen LogP contribution in [-0.4, -0.2) is 31.1 Å². The first-order valence-electron chi connectivity index (χ1n) is 7.65. The van der Waals surface area contributed by atoms with E-state index in [1.54, 1.807) is 0 Å². The topological polar surface area (TPSA) is 44.4 Å². The van der Waals surface area contributed by atoms with Gasteiger partial charge in [0.1, 0.15) is 6.04 Å². The van der Waals surface area contributed by atoms with Gasteiger partial charge in [-0.05, 0) is 30.9 Å². The molecule has 1 saturated carbocycles. The molecule has 4 heteroatoms. The van der Waals surface area contributed by atoms with Crippen LogP contribution in [0, 0.1) is 0 Å². The standard InChI is InChI=1S/C16H23N3O/c1-2-14-16(20)17-9-10-19(14)15-6-4-3-5-12(15)11-18-13-7-8-13/h3-6,13-14,18H,2,7-11H2,1H3,(H,17,20). The van der Waals surface area contributed by atoms with Gasteiger partial charge in [-0.25, -0.2) is 0 Å². The van der Waals surface area contributed by atoms with E-state index in [2.05, 4.69) is 46.7 Å². The number of rotatable bonds is 5. The van der Waals surface area contributed by atoms with E-state index < -0.39 is 0 Å². The molecule has 2 fully saturated rings. The van der Waals surface area contributed by atoms with Crippen LogP contribution in [0.3, 0.4) is 0 Å². The number of carbonyl (C=O) groups is 1. The van der Waals surface area contributed by atoms with E-state index in [1.165, 1.54) is 24.1 Å². The fourth-order valence-corrected chi connectivity index (χ4v) is 2.89. The molecule has 20 heavy (non-hydrogen) atoms. The second-order valence-corrected chi connectivity index (χ2v) is 5.69. The van der Waals surface area contributed by atoms with Crippen molar-refractivity contribution in [1.29, 1.82) is 0 Å². The molecule has 1 unspecified atom stereocenters. The largest absolute Gasteiger partial charge is 0.357 e. The zero-order chi connectivity index (χ0) is 13.9. The summed E-state index contributed by atoms with van der Waals surface area (Å²) in [6.45, 7) is 4.60. The molecule has 0 radical (unpaired) electrons. The number of hydrogen-bond acceptors (Lipinski definition) is 3. The summed E-state index contributed by atoms with van der Waals surface area (Å²) in [5, 5.41) is 6.54.